The van der Waals surface area contributed by atoms with Crippen molar-refractivity contribution < 1.29 is 9.90 Å². The molecule has 0 rings (SSSR count). The van der Waals surface area contributed by atoms with E-state index >= 15 is 0 Å². The Kier molecular flexibility index (Phi) is 4.46. The van der Waals surface area contributed by atoms with Crippen LogP contribution in [0.25, 0.3) is 0 Å². The largest absolute Gasteiger partial charge is 0.393 e. The Balaban J connectivity index is 3.83. The topological polar surface area (TPSA) is 37.3 Å². The molecular formula is C10H20O2. The molecule has 2 nitrogen and oxygen atoms in total. The van der Waals surface area contributed by atoms with Gasteiger partial charge in [-0.15, -0.1) is 0 Å². The summed E-state index contributed by atoms with van der Waals surface area (Å²) in [6.45, 7) is 7.83. The average molecular weight is 172 g/mol. The Morgan fingerprint density at radius 1 is 1.42 bits per heavy atom. The van der Waals surface area contributed by atoms with Crippen molar-refractivity contribution in [3.63, 3.8) is 0 Å². The minimum absolute atomic E-state index is 0.342. The highest BCUT2D eigenvalue weighted by atomic mass is 16.3. The molecule has 0 heterocycles. The summed E-state index contributed by atoms with van der Waals surface area (Å²) in [5, 5.41) is 9.53. The highest BCUT2D eigenvalue weighted by Gasteiger charge is 2.21. The van der Waals surface area contributed by atoms with Gasteiger partial charge in [-0.1, -0.05) is 27.7 Å². The van der Waals surface area contributed by atoms with Crippen molar-refractivity contribution in [2.45, 2.75) is 46.6 Å². The van der Waals surface area contributed by atoms with Gasteiger partial charge in [-0.25, -0.2) is 0 Å². The van der Waals surface area contributed by atoms with Crippen LogP contribution in [0.3, 0.4) is 0 Å². The summed E-state index contributed by atoms with van der Waals surface area (Å²) in [6.07, 6.45) is 1.91. The van der Waals surface area contributed by atoms with Crippen LogP contribution in [0.4, 0.5) is 0 Å². The second kappa shape index (κ2) is 4.61. The summed E-state index contributed by atoms with van der Waals surface area (Å²) in [4.78, 5) is 10.5. The minimum atomic E-state index is -0.381. The summed E-state index contributed by atoms with van der Waals surface area (Å²) in [5.41, 5.74) is -0.381. The van der Waals surface area contributed by atoms with E-state index in [1.807, 2.05) is 13.8 Å². The minimum Gasteiger partial charge on any atom is -0.393 e. The molecule has 0 fully saturated rings. The van der Waals surface area contributed by atoms with Gasteiger partial charge in [-0.2, -0.15) is 0 Å². The molecule has 72 valence electrons. The van der Waals surface area contributed by atoms with Gasteiger partial charge in [-0.3, -0.25) is 0 Å². The lowest BCUT2D eigenvalue weighted by Crippen LogP contribution is -2.22. The van der Waals surface area contributed by atoms with Crippen LogP contribution in [0.2, 0.25) is 0 Å². The van der Waals surface area contributed by atoms with Crippen molar-refractivity contribution in [2.75, 3.05) is 0 Å². The highest BCUT2D eigenvalue weighted by Crippen LogP contribution is 2.22. The number of aliphatic hydroxyl groups is 1. The first-order chi connectivity index (χ1) is 5.37. The third-order valence-corrected chi connectivity index (χ3v) is 1.82. The first-order valence-corrected chi connectivity index (χ1v) is 4.52. The quantitative estimate of drug-likeness (QED) is 0.644. The van der Waals surface area contributed by atoms with E-state index in [0.29, 0.717) is 12.3 Å². The number of carbonyl (C=O) groups excluding carboxylic acids is 1. The fraction of sp³-hybridized carbons (Fsp3) is 0.900. The van der Waals surface area contributed by atoms with Crippen LogP contribution in [-0.2, 0) is 4.79 Å². The number of aliphatic hydroxyl groups excluding tert-OH is 1. The highest BCUT2D eigenvalue weighted by molar-refractivity contribution is 5.57. The molecule has 2 heteroatoms. The number of carbonyl (C=O) groups is 1. The monoisotopic (exact) mass is 172 g/mol. The maximum atomic E-state index is 10.5. The van der Waals surface area contributed by atoms with E-state index in [2.05, 4.69) is 13.8 Å². The van der Waals surface area contributed by atoms with Crippen LogP contribution < -0.4 is 0 Å². The molecule has 0 radical (unpaired) electrons. The predicted octanol–water partition coefficient (Wildman–Crippen LogP) is 2.01. The second-order valence-corrected chi connectivity index (χ2v) is 4.59. The van der Waals surface area contributed by atoms with Crippen molar-refractivity contribution >= 4 is 6.29 Å². The van der Waals surface area contributed by atoms with Gasteiger partial charge >= 0.3 is 0 Å². The summed E-state index contributed by atoms with van der Waals surface area (Å²) in [5.74, 6) is 0.488. The Morgan fingerprint density at radius 3 is 2.25 bits per heavy atom. The Morgan fingerprint density at radius 2 is 1.92 bits per heavy atom. The molecular weight excluding hydrogens is 152 g/mol. The molecule has 0 aliphatic heterocycles. The third-order valence-electron chi connectivity index (χ3n) is 1.82. The molecule has 0 amide bonds. The first kappa shape index (κ1) is 11.6. The van der Waals surface area contributed by atoms with Gasteiger partial charge in [0.2, 0.25) is 0 Å². The van der Waals surface area contributed by atoms with Gasteiger partial charge in [0.05, 0.1) is 6.10 Å². The normalized spacial score (nSPS) is 14.8. The maximum Gasteiger partial charge on any atom is 0.125 e. The molecule has 0 aliphatic carbocycles. The summed E-state index contributed by atoms with van der Waals surface area (Å²) < 4.78 is 0. The van der Waals surface area contributed by atoms with Crippen molar-refractivity contribution in [1.29, 1.82) is 0 Å². The lowest BCUT2D eigenvalue weighted by molar-refractivity contribution is -0.116. The van der Waals surface area contributed by atoms with Gasteiger partial charge in [0.25, 0.3) is 0 Å². The van der Waals surface area contributed by atoms with Gasteiger partial charge in [-0.05, 0) is 18.8 Å². The summed E-state index contributed by atoms with van der Waals surface area (Å²) >= 11 is 0. The van der Waals surface area contributed by atoms with Gasteiger partial charge in [0, 0.05) is 5.41 Å². The lowest BCUT2D eigenvalue weighted by Gasteiger charge is -2.21. The fourth-order valence-electron chi connectivity index (χ4n) is 1.28. The molecule has 0 saturated carbocycles. The Bertz CT molecular complexity index is 139. The smallest absolute Gasteiger partial charge is 0.125 e. The van der Waals surface area contributed by atoms with Crippen LogP contribution in [0.5, 0.6) is 0 Å². The van der Waals surface area contributed by atoms with E-state index in [9.17, 15) is 9.90 Å². The van der Waals surface area contributed by atoms with Crippen molar-refractivity contribution in [3.8, 4) is 0 Å². The van der Waals surface area contributed by atoms with Gasteiger partial charge < -0.3 is 9.90 Å². The first-order valence-electron chi connectivity index (χ1n) is 4.52. The predicted molar refractivity (Wildman–Crippen MR) is 49.9 cm³/mol. The van der Waals surface area contributed by atoms with E-state index in [-0.39, 0.29) is 11.5 Å². The zero-order chi connectivity index (χ0) is 9.78. The maximum absolute atomic E-state index is 10.5. The molecule has 12 heavy (non-hydrogen) atoms. The Labute approximate surface area is 75.0 Å². The molecule has 0 aromatic carbocycles. The molecule has 1 atom stereocenters. The van der Waals surface area contributed by atoms with Crippen molar-refractivity contribution in [3.05, 3.63) is 0 Å². The van der Waals surface area contributed by atoms with E-state index in [0.717, 1.165) is 12.7 Å². The van der Waals surface area contributed by atoms with Gasteiger partial charge in [0.1, 0.15) is 6.29 Å². The molecule has 0 aliphatic rings. The molecule has 0 bridgehead atoms. The zero-order valence-electron chi connectivity index (χ0n) is 8.50. The average Bonchev–Trinajstić information content (AvgIpc) is 1.84. The van der Waals surface area contributed by atoms with Crippen molar-refractivity contribution in [1.82, 2.24) is 0 Å². The van der Waals surface area contributed by atoms with E-state index in [1.165, 1.54) is 0 Å². The van der Waals surface area contributed by atoms with Crippen molar-refractivity contribution in [2.24, 2.45) is 11.3 Å². The van der Waals surface area contributed by atoms with Crippen LogP contribution in [0.15, 0.2) is 0 Å². The van der Waals surface area contributed by atoms with E-state index in [1.54, 1.807) is 0 Å². The molecule has 1 unspecified atom stereocenters. The molecule has 0 spiro atoms. The summed E-state index contributed by atoms with van der Waals surface area (Å²) in [7, 11) is 0. The Hall–Kier alpha value is -0.370. The molecule has 0 aromatic rings. The molecule has 1 N–H and O–H groups in total. The molecule has 0 saturated heterocycles. The number of hydrogen-bond donors (Lipinski definition) is 1. The molecule has 0 aromatic heterocycles. The van der Waals surface area contributed by atoms with E-state index < -0.39 is 0 Å². The van der Waals surface area contributed by atoms with Crippen LogP contribution in [0.1, 0.15) is 40.5 Å². The van der Waals surface area contributed by atoms with E-state index in [4.69, 9.17) is 0 Å². The lowest BCUT2D eigenvalue weighted by atomic mass is 9.86. The summed E-state index contributed by atoms with van der Waals surface area (Å²) in [6, 6.07) is 0. The van der Waals surface area contributed by atoms with Crippen LogP contribution >= 0.6 is 0 Å². The SMILES string of the molecule is CC(C)CC(O)CC(C)(C)C=O. The third kappa shape index (κ3) is 5.30. The van der Waals surface area contributed by atoms with Crippen LogP contribution in [0, 0.1) is 11.3 Å². The number of rotatable bonds is 5. The zero-order valence-corrected chi connectivity index (χ0v) is 8.50. The van der Waals surface area contributed by atoms with Gasteiger partial charge in [0.15, 0.2) is 0 Å². The number of aldehydes is 1. The fourth-order valence-corrected chi connectivity index (χ4v) is 1.28. The van der Waals surface area contributed by atoms with Crippen LogP contribution in [-0.4, -0.2) is 17.5 Å². The standard InChI is InChI=1S/C10H20O2/c1-8(2)5-9(12)6-10(3,4)7-11/h7-9,12H,5-6H2,1-4H3. The second-order valence-electron chi connectivity index (χ2n) is 4.59. The number of hydrogen-bond acceptors (Lipinski definition) is 2.